The fourth-order valence-electron chi connectivity index (χ4n) is 2.10. The fourth-order valence-corrected chi connectivity index (χ4v) is 2.10. The van der Waals surface area contributed by atoms with E-state index in [0.717, 1.165) is 0 Å². The zero-order valence-corrected chi connectivity index (χ0v) is 8.43. The summed E-state index contributed by atoms with van der Waals surface area (Å²) >= 11 is 0. The van der Waals surface area contributed by atoms with Crippen LogP contribution in [0.3, 0.4) is 0 Å². The lowest BCUT2D eigenvalue weighted by molar-refractivity contribution is -0.153. The Labute approximate surface area is 83.0 Å². The maximum Gasteiger partial charge on any atom is 0.163 e. The number of hydrogen-bond donors (Lipinski definition) is 3. The molecule has 2 aliphatic heterocycles. The highest BCUT2D eigenvalue weighted by Crippen LogP contribution is 2.33. The Morgan fingerprint density at radius 2 is 2.00 bits per heavy atom. The minimum atomic E-state index is -0.671. The summed E-state index contributed by atoms with van der Waals surface area (Å²) in [5.74, 6) is -0.671. The molecule has 0 amide bonds. The van der Waals surface area contributed by atoms with Crippen LogP contribution >= 0.6 is 0 Å². The first-order chi connectivity index (χ1) is 6.53. The van der Waals surface area contributed by atoms with Gasteiger partial charge >= 0.3 is 0 Å². The first-order valence-electron chi connectivity index (χ1n) is 4.91. The molecule has 0 aromatic carbocycles. The van der Waals surface area contributed by atoms with E-state index in [2.05, 4.69) is 5.32 Å². The van der Waals surface area contributed by atoms with Crippen molar-refractivity contribution in [3.8, 4) is 0 Å². The summed E-state index contributed by atoms with van der Waals surface area (Å²) in [7, 11) is 0. The monoisotopic (exact) mass is 203 g/mol. The van der Waals surface area contributed by atoms with Gasteiger partial charge in [0.15, 0.2) is 5.79 Å². The highest BCUT2D eigenvalue weighted by atomic mass is 16.8. The van der Waals surface area contributed by atoms with E-state index in [-0.39, 0.29) is 24.9 Å². The number of hydrogen-bond acceptors (Lipinski definition) is 5. The van der Waals surface area contributed by atoms with E-state index in [1.165, 1.54) is 0 Å². The quantitative estimate of drug-likeness (QED) is 0.501. The second-order valence-corrected chi connectivity index (χ2v) is 4.33. The molecule has 4 atom stereocenters. The average molecular weight is 203 g/mol. The maximum absolute atomic E-state index is 9.68. The minimum Gasteiger partial charge on any atom is -0.395 e. The van der Waals surface area contributed by atoms with Crippen molar-refractivity contribution in [2.24, 2.45) is 0 Å². The Kier molecular flexibility index (Phi) is 2.53. The number of fused-ring (bicyclic) bond motifs is 1. The SMILES string of the molecule is CC1(C)OC2C(O)CNC(CO)C2O1. The van der Waals surface area contributed by atoms with Gasteiger partial charge in [-0.3, -0.25) is 0 Å². The largest absolute Gasteiger partial charge is 0.395 e. The van der Waals surface area contributed by atoms with Crippen LogP contribution in [0.5, 0.6) is 0 Å². The molecule has 14 heavy (non-hydrogen) atoms. The summed E-state index contributed by atoms with van der Waals surface area (Å²) in [6.07, 6.45) is -1.16. The van der Waals surface area contributed by atoms with E-state index in [1.807, 2.05) is 13.8 Å². The van der Waals surface area contributed by atoms with Gasteiger partial charge < -0.3 is 25.0 Å². The molecule has 0 saturated carbocycles. The van der Waals surface area contributed by atoms with Crippen LogP contribution in [0.25, 0.3) is 0 Å². The van der Waals surface area contributed by atoms with Crippen molar-refractivity contribution in [1.29, 1.82) is 0 Å². The smallest absolute Gasteiger partial charge is 0.163 e. The second kappa shape index (κ2) is 3.43. The van der Waals surface area contributed by atoms with Crippen molar-refractivity contribution < 1.29 is 19.7 Å². The van der Waals surface area contributed by atoms with Crippen LogP contribution in [0.1, 0.15) is 13.8 Å². The van der Waals surface area contributed by atoms with E-state index >= 15 is 0 Å². The number of rotatable bonds is 1. The highest BCUT2D eigenvalue weighted by molar-refractivity contribution is 4.98. The lowest BCUT2D eigenvalue weighted by Crippen LogP contribution is -2.59. The van der Waals surface area contributed by atoms with E-state index in [4.69, 9.17) is 14.6 Å². The molecule has 0 radical (unpaired) electrons. The Morgan fingerprint density at radius 1 is 1.36 bits per heavy atom. The third-order valence-corrected chi connectivity index (χ3v) is 2.73. The number of aliphatic hydroxyl groups is 2. The van der Waals surface area contributed by atoms with Crippen LogP contribution in [0.4, 0.5) is 0 Å². The first-order valence-corrected chi connectivity index (χ1v) is 4.91. The molecule has 0 bridgehead atoms. The van der Waals surface area contributed by atoms with Crippen molar-refractivity contribution in [2.75, 3.05) is 13.2 Å². The lowest BCUT2D eigenvalue weighted by Gasteiger charge is -2.34. The van der Waals surface area contributed by atoms with Crippen LogP contribution in [0, 0.1) is 0 Å². The molecule has 0 aromatic heterocycles. The molecular formula is C9H17NO4. The molecule has 2 saturated heterocycles. The number of ether oxygens (including phenoxy) is 2. The zero-order valence-electron chi connectivity index (χ0n) is 8.43. The topological polar surface area (TPSA) is 71.0 Å². The minimum absolute atomic E-state index is 0.00662. The molecule has 4 unspecified atom stereocenters. The van der Waals surface area contributed by atoms with E-state index in [9.17, 15) is 5.11 Å². The third kappa shape index (κ3) is 1.66. The predicted octanol–water partition coefficient (Wildman–Crippen LogP) is -1.17. The van der Waals surface area contributed by atoms with E-state index in [1.54, 1.807) is 0 Å². The van der Waals surface area contributed by atoms with Gasteiger partial charge in [-0.15, -0.1) is 0 Å². The Morgan fingerprint density at radius 3 is 2.64 bits per heavy atom. The molecule has 2 rings (SSSR count). The number of nitrogens with one attached hydrogen (secondary N) is 1. The molecule has 3 N–H and O–H groups in total. The van der Waals surface area contributed by atoms with Crippen molar-refractivity contribution >= 4 is 0 Å². The number of aliphatic hydroxyl groups excluding tert-OH is 2. The van der Waals surface area contributed by atoms with Crippen LogP contribution in [-0.4, -0.2) is 53.5 Å². The molecule has 2 fully saturated rings. The van der Waals surface area contributed by atoms with Crippen molar-refractivity contribution in [2.45, 2.75) is 44.0 Å². The molecule has 82 valence electrons. The van der Waals surface area contributed by atoms with Gasteiger partial charge in [-0.2, -0.15) is 0 Å². The van der Waals surface area contributed by atoms with Gasteiger partial charge in [0.25, 0.3) is 0 Å². The first kappa shape index (κ1) is 10.3. The lowest BCUT2D eigenvalue weighted by atomic mass is 9.97. The molecule has 5 nitrogen and oxygen atoms in total. The Bertz CT molecular complexity index is 221. The Balaban J connectivity index is 2.14. The number of β-amino-alcohol motifs (C(OH)–C–C–N with tert-alkyl or cyclic N) is 1. The average Bonchev–Trinajstić information content (AvgIpc) is 2.42. The van der Waals surface area contributed by atoms with Crippen LogP contribution in [0.2, 0.25) is 0 Å². The summed E-state index contributed by atoms with van der Waals surface area (Å²) in [6, 6.07) is -0.148. The summed E-state index contributed by atoms with van der Waals surface area (Å²) in [5.41, 5.74) is 0. The van der Waals surface area contributed by atoms with Crippen molar-refractivity contribution in [1.82, 2.24) is 5.32 Å². The third-order valence-electron chi connectivity index (χ3n) is 2.73. The fraction of sp³-hybridized carbons (Fsp3) is 1.00. The summed E-state index contributed by atoms with van der Waals surface area (Å²) in [4.78, 5) is 0. The summed E-state index contributed by atoms with van der Waals surface area (Å²) in [5, 5.41) is 21.8. The molecule has 2 aliphatic rings. The van der Waals surface area contributed by atoms with Gasteiger partial charge in [0, 0.05) is 6.54 Å². The standard InChI is InChI=1S/C9H17NO4/c1-9(2)13-7-5(4-11)10-3-6(12)8(7)14-9/h5-8,10-12H,3-4H2,1-2H3. The van der Waals surface area contributed by atoms with Gasteiger partial charge in [-0.1, -0.05) is 0 Å². The van der Waals surface area contributed by atoms with Gasteiger partial charge in [0.05, 0.1) is 18.8 Å². The molecule has 0 aliphatic carbocycles. The van der Waals surface area contributed by atoms with Crippen LogP contribution in [0.15, 0.2) is 0 Å². The van der Waals surface area contributed by atoms with Gasteiger partial charge in [0.2, 0.25) is 0 Å². The van der Waals surface area contributed by atoms with Gasteiger partial charge in [0.1, 0.15) is 12.2 Å². The molecule has 5 heteroatoms. The molecule has 0 spiro atoms. The highest BCUT2D eigenvalue weighted by Gasteiger charge is 2.50. The van der Waals surface area contributed by atoms with Crippen LogP contribution < -0.4 is 5.32 Å². The summed E-state index contributed by atoms with van der Waals surface area (Å²) in [6.45, 7) is 4.05. The Hall–Kier alpha value is -0.200. The maximum atomic E-state index is 9.68. The van der Waals surface area contributed by atoms with Crippen molar-refractivity contribution in [3.63, 3.8) is 0 Å². The van der Waals surface area contributed by atoms with E-state index < -0.39 is 11.9 Å². The molecule has 0 aromatic rings. The van der Waals surface area contributed by atoms with Gasteiger partial charge in [-0.05, 0) is 13.8 Å². The van der Waals surface area contributed by atoms with E-state index in [0.29, 0.717) is 6.54 Å². The van der Waals surface area contributed by atoms with Crippen molar-refractivity contribution in [3.05, 3.63) is 0 Å². The van der Waals surface area contributed by atoms with Gasteiger partial charge in [-0.25, -0.2) is 0 Å². The predicted molar refractivity (Wildman–Crippen MR) is 48.7 cm³/mol. The summed E-state index contributed by atoms with van der Waals surface area (Å²) < 4.78 is 11.2. The second-order valence-electron chi connectivity index (χ2n) is 4.33. The zero-order chi connectivity index (χ0) is 10.3. The number of piperidine rings is 1. The molecule has 2 heterocycles. The molecular weight excluding hydrogens is 186 g/mol. The van der Waals surface area contributed by atoms with Crippen LogP contribution in [-0.2, 0) is 9.47 Å². The normalized spacial score (nSPS) is 46.3.